The van der Waals surface area contributed by atoms with Crippen molar-refractivity contribution >= 4 is 52.1 Å². The van der Waals surface area contributed by atoms with Crippen LogP contribution in [0.3, 0.4) is 0 Å². The molecule has 0 bridgehead atoms. The first kappa shape index (κ1) is 35.3. The molecule has 3 fully saturated rings. The van der Waals surface area contributed by atoms with Crippen molar-refractivity contribution in [2.45, 2.75) is 57.8 Å². The van der Waals surface area contributed by atoms with Gasteiger partial charge in [-0.15, -0.1) is 39.3 Å². The molecule has 0 aliphatic carbocycles. The van der Waals surface area contributed by atoms with E-state index in [9.17, 15) is 0 Å². The molecule has 3 aliphatic heterocycles. The van der Waals surface area contributed by atoms with Gasteiger partial charge in [0, 0.05) is 0 Å². The summed E-state index contributed by atoms with van der Waals surface area (Å²) >= 11 is 11.1. The average Bonchev–Trinajstić information content (AvgIpc) is 2.75. The Morgan fingerprint density at radius 2 is 0.571 bits per heavy atom. The summed E-state index contributed by atoms with van der Waals surface area (Å²) in [6, 6.07) is 0. The van der Waals surface area contributed by atoms with Crippen molar-refractivity contribution in [3.63, 3.8) is 0 Å². The Labute approximate surface area is 198 Å². The minimum atomic E-state index is 0. The normalized spacial score (nSPS) is 16.3. The predicted octanol–water partition coefficient (Wildman–Crippen LogP) is 6.61. The molecule has 3 saturated heterocycles. The number of rotatable bonds is 0. The largest absolute Gasteiger partial charge is 6.00 e. The van der Waals surface area contributed by atoms with E-state index in [1.54, 1.807) is 0 Å². The van der Waals surface area contributed by atoms with Crippen molar-refractivity contribution in [1.29, 1.82) is 0 Å². The number of piperidine rings is 3. The van der Waals surface area contributed by atoms with Gasteiger partial charge in [-0.05, 0) is 0 Å². The second-order valence-electron chi connectivity index (χ2n) is 5.47. The van der Waals surface area contributed by atoms with E-state index in [2.05, 4.69) is 52.6 Å². The average molecular weight is 479 g/mol. The predicted molar refractivity (Wildman–Crippen MR) is 129 cm³/mol. The van der Waals surface area contributed by atoms with Gasteiger partial charge in [0.1, 0.15) is 0 Å². The van der Waals surface area contributed by atoms with Crippen LogP contribution in [0.5, 0.6) is 0 Å². The zero-order valence-electron chi connectivity index (χ0n) is 16.4. The summed E-state index contributed by atoms with van der Waals surface area (Å²) in [7, 11) is 0. The van der Waals surface area contributed by atoms with E-state index < -0.39 is 0 Å². The topological polar surface area (TPSA) is 109 Å². The first-order valence-electron chi connectivity index (χ1n) is 9.18. The molecule has 0 atom stereocenters. The summed E-state index contributed by atoms with van der Waals surface area (Å²) < 4.78 is 0. The van der Waals surface area contributed by atoms with Crippen molar-refractivity contribution in [3.8, 4) is 0 Å². The molecule has 0 aromatic carbocycles. The molecule has 0 amide bonds. The summed E-state index contributed by atoms with van der Waals surface area (Å²) in [4.78, 5) is 0. The molecule has 156 valence electrons. The third kappa shape index (κ3) is 50.1. The Kier molecular flexibility index (Phi) is 51.9. The van der Waals surface area contributed by atoms with Crippen molar-refractivity contribution < 1.29 is 17.4 Å². The standard InChI is InChI=1S/3C5H10N.3CNS.Cr/c3*1-2-4-6-5-3-1;3*2-1-3;/h3*1-5H2;;;;/q6*-1;+6. The van der Waals surface area contributed by atoms with Crippen LogP contribution in [0.15, 0.2) is 0 Å². The van der Waals surface area contributed by atoms with Crippen molar-refractivity contribution in [3.05, 3.63) is 32.2 Å². The summed E-state index contributed by atoms with van der Waals surface area (Å²) in [5, 5.41) is 37.9. The van der Waals surface area contributed by atoms with E-state index in [1.807, 2.05) is 0 Å². The zero-order valence-corrected chi connectivity index (χ0v) is 20.1. The number of hydrogen-bond donors (Lipinski definition) is 0. The Hall–Kier alpha value is -0.188. The molecule has 0 aromatic rings. The van der Waals surface area contributed by atoms with Gasteiger partial charge in [-0.3, -0.25) is 0 Å². The van der Waals surface area contributed by atoms with Gasteiger partial charge >= 0.3 is 17.4 Å². The number of thiocarbonyl (C=S) groups is 3. The molecular formula is C18H30CrN6S3. The molecule has 10 heteroatoms. The maximum atomic E-state index is 7.13. The summed E-state index contributed by atoms with van der Waals surface area (Å²) in [6.07, 6.45) is 12.2. The van der Waals surface area contributed by atoms with Gasteiger partial charge in [-0.2, -0.15) is 15.5 Å². The molecule has 28 heavy (non-hydrogen) atoms. The monoisotopic (exact) mass is 478 g/mol. The maximum Gasteiger partial charge on any atom is 6.00 e. The van der Waals surface area contributed by atoms with Crippen LogP contribution in [0.2, 0.25) is 0 Å². The molecule has 3 heterocycles. The van der Waals surface area contributed by atoms with Crippen LogP contribution in [-0.2, 0) is 17.4 Å². The molecule has 0 saturated carbocycles. The smallest absolute Gasteiger partial charge is 0.753 e. The Balaban J connectivity index is -0.000000127. The van der Waals surface area contributed by atoms with E-state index in [4.69, 9.17) is 16.2 Å². The zero-order chi connectivity index (χ0) is 20.8. The fraction of sp³-hybridized carbons (Fsp3) is 0.833. The van der Waals surface area contributed by atoms with Crippen LogP contribution < -0.4 is 0 Å². The molecule has 3 aliphatic rings. The second kappa shape index (κ2) is 41.2. The maximum absolute atomic E-state index is 7.13. The van der Waals surface area contributed by atoms with Gasteiger partial charge in [0.05, 0.1) is 0 Å². The minimum Gasteiger partial charge on any atom is -0.753 e. The molecule has 0 spiro atoms. The fourth-order valence-electron chi connectivity index (χ4n) is 2.21. The summed E-state index contributed by atoms with van der Waals surface area (Å²) in [6.45, 7) is 6.75. The van der Waals surface area contributed by atoms with Crippen LogP contribution in [0.4, 0.5) is 0 Å². The van der Waals surface area contributed by atoms with Crippen LogP contribution >= 0.6 is 36.7 Å². The van der Waals surface area contributed by atoms with Crippen LogP contribution in [0.1, 0.15) is 57.8 Å². The summed E-state index contributed by atoms with van der Waals surface area (Å²) in [5.74, 6) is 0. The van der Waals surface area contributed by atoms with Crippen molar-refractivity contribution in [2.24, 2.45) is 0 Å². The van der Waals surface area contributed by atoms with Gasteiger partial charge in [0.2, 0.25) is 0 Å². The number of nitrogens with zero attached hydrogens (tertiary/aromatic N) is 6. The Morgan fingerprint density at radius 1 is 0.429 bits per heavy atom. The van der Waals surface area contributed by atoms with E-state index in [0.29, 0.717) is 0 Å². The van der Waals surface area contributed by atoms with Gasteiger partial charge in [0.25, 0.3) is 0 Å². The minimum absolute atomic E-state index is 0. The Morgan fingerprint density at radius 3 is 0.607 bits per heavy atom. The number of isothiocyanates is 3. The molecule has 0 aromatic heterocycles. The van der Waals surface area contributed by atoms with Gasteiger partial charge in [-0.25, -0.2) is 0 Å². The second-order valence-corrected chi connectivity index (χ2v) is 6.02. The van der Waals surface area contributed by atoms with Gasteiger partial charge in [-0.1, -0.05) is 94.4 Å². The van der Waals surface area contributed by atoms with Crippen molar-refractivity contribution in [1.82, 2.24) is 0 Å². The SMILES string of the molecule is C1CC[N-]CC1.C1CC[N-]CC1.C1CC[N-]CC1.[Cr+6].[N-]=C=S.[N-]=C=S.[N-]=C=S. The number of hydrogen-bond acceptors (Lipinski definition) is 3. The third-order valence-corrected chi connectivity index (χ3v) is 3.40. The van der Waals surface area contributed by atoms with Gasteiger partial charge in [0.15, 0.2) is 0 Å². The van der Waals surface area contributed by atoms with Crippen molar-refractivity contribution in [2.75, 3.05) is 39.3 Å². The quantitative estimate of drug-likeness (QED) is 0.289. The van der Waals surface area contributed by atoms with E-state index in [-0.39, 0.29) is 17.4 Å². The van der Waals surface area contributed by atoms with E-state index in [1.165, 1.54) is 73.3 Å². The fourth-order valence-corrected chi connectivity index (χ4v) is 2.21. The molecule has 3 rings (SSSR count). The molecule has 0 unspecified atom stereocenters. The first-order valence-corrected chi connectivity index (χ1v) is 10.4. The van der Waals surface area contributed by atoms with Gasteiger partial charge < -0.3 is 32.2 Å². The van der Waals surface area contributed by atoms with E-state index in [0.717, 1.165) is 39.3 Å². The molecule has 6 nitrogen and oxygen atoms in total. The molecule has 0 N–H and O–H groups in total. The third-order valence-electron chi connectivity index (χ3n) is 3.40. The molecular weight excluding hydrogens is 448 g/mol. The van der Waals surface area contributed by atoms with Crippen LogP contribution in [0.25, 0.3) is 32.2 Å². The van der Waals surface area contributed by atoms with E-state index >= 15 is 0 Å². The first-order chi connectivity index (χ1) is 13.2. The van der Waals surface area contributed by atoms with Crippen LogP contribution in [-0.4, -0.2) is 54.8 Å². The van der Waals surface area contributed by atoms with Crippen LogP contribution in [0, 0.1) is 0 Å². The Bertz CT molecular complexity index is 278. The summed E-state index contributed by atoms with van der Waals surface area (Å²) in [5.41, 5.74) is 0. The molecule has 0 radical (unpaired) electrons.